The van der Waals surface area contributed by atoms with E-state index in [1.165, 1.54) is 0 Å². The summed E-state index contributed by atoms with van der Waals surface area (Å²) in [7, 11) is 0. The predicted molar refractivity (Wildman–Crippen MR) is 63.7 cm³/mol. The van der Waals surface area contributed by atoms with Crippen LogP contribution in [0.2, 0.25) is 5.02 Å². The van der Waals surface area contributed by atoms with E-state index in [0.717, 1.165) is 52.5 Å². The topological polar surface area (TPSA) is 53.7 Å². The Bertz CT molecular complexity index is 427. The molecule has 0 spiro atoms. The molecule has 3 rings (SSSR count). The lowest BCUT2D eigenvalue weighted by molar-refractivity contribution is 0.140. The van der Waals surface area contributed by atoms with Crippen molar-refractivity contribution in [3.05, 3.63) is 21.7 Å². The van der Waals surface area contributed by atoms with E-state index >= 15 is 0 Å². The van der Waals surface area contributed by atoms with Crippen molar-refractivity contribution >= 4 is 11.6 Å². The summed E-state index contributed by atoms with van der Waals surface area (Å²) in [6.07, 6.45) is 2.47. The van der Waals surface area contributed by atoms with Gasteiger partial charge < -0.3 is 14.3 Å². The Labute approximate surface area is 105 Å². The molecule has 5 heteroatoms. The van der Waals surface area contributed by atoms with Gasteiger partial charge in [0.1, 0.15) is 11.5 Å². The summed E-state index contributed by atoms with van der Waals surface area (Å²) < 4.78 is 11.3. The molecule has 17 heavy (non-hydrogen) atoms. The number of rotatable bonds is 3. The number of halogens is 1. The summed E-state index contributed by atoms with van der Waals surface area (Å²) in [5.74, 6) is 6.86. The Hall–Kier alpha value is -0.970. The van der Waals surface area contributed by atoms with Crippen LogP contribution in [0.25, 0.3) is 0 Å². The third-order valence-corrected chi connectivity index (χ3v) is 3.72. The summed E-state index contributed by atoms with van der Waals surface area (Å²) in [6, 6.07) is 0. The average molecular weight is 256 g/mol. The molecule has 1 aromatic carbocycles. The molecule has 2 heterocycles. The summed E-state index contributed by atoms with van der Waals surface area (Å²) in [5, 5.41) is 0.724. The van der Waals surface area contributed by atoms with Gasteiger partial charge in [0.15, 0.2) is 0 Å². The minimum absolute atomic E-state index is 0.476. The van der Waals surface area contributed by atoms with E-state index in [9.17, 15) is 0 Å². The molecule has 0 bridgehead atoms. The van der Waals surface area contributed by atoms with Crippen LogP contribution in [-0.2, 0) is 24.1 Å². The van der Waals surface area contributed by atoms with Gasteiger partial charge in [-0.2, -0.15) is 0 Å². The molecule has 2 N–H and O–H groups in total. The first-order valence-electron chi connectivity index (χ1n) is 5.76. The van der Waals surface area contributed by atoms with Crippen LogP contribution >= 0.6 is 11.6 Å². The first-order chi connectivity index (χ1) is 8.33. The molecule has 0 atom stereocenters. The van der Waals surface area contributed by atoms with Gasteiger partial charge in [-0.3, -0.25) is 0 Å². The van der Waals surface area contributed by atoms with Crippen LogP contribution < -0.4 is 15.4 Å². The maximum absolute atomic E-state index is 6.34. The monoisotopic (exact) mass is 255 g/mol. The van der Waals surface area contributed by atoms with Crippen LogP contribution in [0.1, 0.15) is 16.7 Å². The molecule has 0 radical (unpaired) electrons. The van der Waals surface area contributed by atoms with Crippen LogP contribution in [0.5, 0.6) is 11.5 Å². The van der Waals surface area contributed by atoms with Crippen molar-refractivity contribution in [2.24, 2.45) is 5.90 Å². The van der Waals surface area contributed by atoms with E-state index in [4.69, 9.17) is 27.0 Å². The Morgan fingerprint density at radius 3 is 2.59 bits per heavy atom. The molecule has 0 saturated heterocycles. The fraction of sp³-hybridized carbons (Fsp3) is 0.500. The van der Waals surface area contributed by atoms with Crippen molar-refractivity contribution < 1.29 is 14.3 Å². The molecule has 2 aliphatic rings. The molecule has 0 aromatic heterocycles. The van der Waals surface area contributed by atoms with Crippen LogP contribution in [0.15, 0.2) is 0 Å². The second-order valence-electron chi connectivity index (χ2n) is 4.23. The van der Waals surface area contributed by atoms with Gasteiger partial charge in [-0.15, -0.1) is 0 Å². The van der Waals surface area contributed by atoms with Crippen molar-refractivity contribution in [1.29, 1.82) is 0 Å². The Morgan fingerprint density at radius 2 is 1.82 bits per heavy atom. The highest BCUT2D eigenvalue weighted by atomic mass is 35.5. The number of hydrogen-bond acceptors (Lipinski definition) is 4. The maximum atomic E-state index is 6.34. The van der Waals surface area contributed by atoms with Crippen LogP contribution in [0.3, 0.4) is 0 Å². The Balaban J connectivity index is 2.12. The summed E-state index contributed by atoms with van der Waals surface area (Å²) in [6.45, 7) is 1.85. The van der Waals surface area contributed by atoms with Gasteiger partial charge in [-0.05, 0) is 0 Å². The summed E-state index contributed by atoms with van der Waals surface area (Å²) >= 11 is 6.34. The standard InChI is InChI=1S/C12H14ClNO3/c13-10-9-2-5-15-11(9)7(3-6-17-14)8-1-4-16-12(8)10/h1-6,14H2. The van der Waals surface area contributed by atoms with Crippen LogP contribution in [0.4, 0.5) is 0 Å². The first-order valence-corrected chi connectivity index (χ1v) is 6.14. The number of ether oxygens (including phenoxy) is 2. The largest absolute Gasteiger partial charge is 0.493 e. The van der Waals surface area contributed by atoms with E-state index in [0.29, 0.717) is 19.8 Å². The summed E-state index contributed by atoms with van der Waals surface area (Å²) in [4.78, 5) is 4.67. The minimum atomic E-state index is 0.476. The van der Waals surface area contributed by atoms with Gasteiger partial charge in [0.05, 0.1) is 24.8 Å². The van der Waals surface area contributed by atoms with Crippen molar-refractivity contribution in [3.63, 3.8) is 0 Å². The van der Waals surface area contributed by atoms with Gasteiger partial charge in [0.2, 0.25) is 0 Å². The lowest BCUT2D eigenvalue weighted by atomic mass is 9.97. The SMILES string of the molecule is NOCCc1c2c(c(Cl)c3c1OCC3)OCC2. The molecular weight excluding hydrogens is 242 g/mol. The first kappa shape index (κ1) is 11.1. The molecule has 0 unspecified atom stereocenters. The summed E-state index contributed by atoms with van der Waals surface area (Å²) in [5.41, 5.74) is 3.38. The normalized spacial score (nSPS) is 16.4. The van der Waals surface area contributed by atoms with Gasteiger partial charge in [0.25, 0.3) is 0 Å². The molecular formula is C12H14ClNO3. The molecule has 4 nitrogen and oxygen atoms in total. The third kappa shape index (κ3) is 1.68. The lowest BCUT2D eigenvalue weighted by Crippen LogP contribution is -2.06. The lowest BCUT2D eigenvalue weighted by Gasteiger charge is -2.14. The van der Waals surface area contributed by atoms with E-state index in [1.54, 1.807) is 0 Å². The van der Waals surface area contributed by atoms with E-state index in [2.05, 4.69) is 4.84 Å². The van der Waals surface area contributed by atoms with E-state index in [-0.39, 0.29) is 0 Å². The van der Waals surface area contributed by atoms with Crippen molar-refractivity contribution in [2.45, 2.75) is 19.3 Å². The molecule has 0 saturated carbocycles. The third-order valence-electron chi connectivity index (χ3n) is 3.32. The van der Waals surface area contributed by atoms with Crippen molar-refractivity contribution in [1.82, 2.24) is 0 Å². The number of fused-ring (bicyclic) bond motifs is 2. The van der Waals surface area contributed by atoms with Gasteiger partial charge >= 0.3 is 0 Å². The molecule has 0 aliphatic carbocycles. The van der Waals surface area contributed by atoms with Crippen molar-refractivity contribution in [2.75, 3.05) is 19.8 Å². The average Bonchev–Trinajstić information content (AvgIpc) is 2.97. The zero-order valence-electron chi connectivity index (χ0n) is 9.42. The second-order valence-corrected chi connectivity index (χ2v) is 4.60. The van der Waals surface area contributed by atoms with E-state index < -0.39 is 0 Å². The van der Waals surface area contributed by atoms with Gasteiger partial charge in [-0.25, -0.2) is 5.90 Å². The van der Waals surface area contributed by atoms with Gasteiger partial charge in [0, 0.05) is 36.0 Å². The zero-order valence-corrected chi connectivity index (χ0v) is 10.2. The maximum Gasteiger partial charge on any atom is 0.142 e. The highest BCUT2D eigenvalue weighted by Gasteiger charge is 2.30. The molecule has 2 aliphatic heterocycles. The number of nitrogens with two attached hydrogens (primary N) is 1. The fourth-order valence-corrected chi connectivity index (χ4v) is 2.92. The van der Waals surface area contributed by atoms with Crippen LogP contribution in [-0.4, -0.2) is 19.8 Å². The number of benzene rings is 1. The van der Waals surface area contributed by atoms with Crippen molar-refractivity contribution in [3.8, 4) is 11.5 Å². The Kier molecular flexibility index (Phi) is 2.86. The van der Waals surface area contributed by atoms with Gasteiger partial charge in [-0.1, -0.05) is 11.6 Å². The second kappa shape index (κ2) is 4.37. The molecule has 0 fully saturated rings. The van der Waals surface area contributed by atoms with Crippen LogP contribution in [0, 0.1) is 0 Å². The Morgan fingerprint density at radius 1 is 1.12 bits per heavy atom. The quantitative estimate of drug-likeness (QED) is 0.835. The highest BCUT2D eigenvalue weighted by Crippen LogP contribution is 2.47. The smallest absolute Gasteiger partial charge is 0.142 e. The minimum Gasteiger partial charge on any atom is -0.493 e. The predicted octanol–water partition coefficient (Wildman–Crippen LogP) is 1.64. The zero-order chi connectivity index (χ0) is 11.8. The number of hydrogen-bond donors (Lipinski definition) is 1. The fourth-order valence-electron chi connectivity index (χ4n) is 2.57. The molecule has 92 valence electrons. The molecule has 1 aromatic rings. The van der Waals surface area contributed by atoms with E-state index in [1.807, 2.05) is 0 Å². The highest BCUT2D eigenvalue weighted by molar-refractivity contribution is 6.33. The molecule has 0 amide bonds.